The Kier molecular flexibility index (Phi) is 4.04. The van der Waals surface area contributed by atoms with Crippen LogP contribution in [-0.4, -0.2) is 32.3 Å². The summed E-state index contributed by atoms with van der Waals surface area (Å²) in [5.74, 6) is 0.539. The van der Waals surface area contributed by atoms with Crippen LogP contribution in [-0.2, 0) is 9.47 Å². The highest BCUT2D eigenvalue weighted by Crippen LogP contribution is 2.26. The summed E-state index contributed by atoms with van der Waals surface area (Å²) in [4.78, 5) is 11.3. The number of hydrogen-bond donors (Lipinski definition) is 1. The molecule has 18 heavy (non-hydrogen) atoms. The maximum atomic E-state index is 11.3. The van der Waals surface area contributed by atoms with Gasteiger partial charge in [0.15, 0.2) is 0 Å². The van der Waals surface area contributed by atoms with Crippen LogP contribution < -0.4 is 5.32 Å². The third kappa shape index (κ3) is 2.73. The van der Waals surface area contributed by atoms with Crippen molar-refractivity contribution in [1.82, 2.24) is 5.32 Å². The first kappa shape index (κ1) is 13.1. The van der Waals surface area contributed by atoms with Crippen LogP contribution in [0.5, 0.6) is 0 Å². The van der Waals surface area contributed by atoms with E-state index in [2.05, 4.69) is 10.1 Å². The summed E-state index contributed by atoms with van der Waals surface area (Å²) in [6.07, 6.45) is 2.41. The largest absolute Gasteiger partial charge is 0.463 e. The minimum Gasteiger partial charge on any atom is -0.463 e. The van der Waals surface area contributed by atoms with Crippen molar-refractivity contribution in [2.45, 2.75) is 38.0 Å². The molecule has 0 radical (unpaired) electrons. The molecule has 1 aliphatic carbocycles. The average Bonchev–Trinajstić information content (AvgIpc) is 2.81. The van der Waals surface area contributed by atoms with E-state index in [4.69, 9.17) is 9.15 Å². The number of carbonyl (C=O) groups is 1. The second-order valence-electron chi connectivity index (χ2n) is 4.61. The van der Waals surface area contributed by atoms with Gasteiger partial charge in [-0.25, -0.2) is 4.79 Å². The van der Waals surface area contributed by atoms with Gasteiger partial charge in [0.2, 0.25) is 5.76 Å². The fourth-order valence-electron chi connectivity index (χ4n) is 2.13. The SMILES string of the molecule is COC(=O)c1ccc(C(C)NC2CC(OC)C2)o1. The summed E-state index contributed by atoms with van der Waals surface area (Å²) in [6, 6.07) is 3.97. The molecule has 1 fully saturated rings. The smallest absolute Gasteiger partial charge is 0.373 e. The van der Waals surface area contributed by atoms with Gasteiger partial charge in [0.25, 0.3) is 0 Å². The minimum absolute atomic E-state index is 0.0752. The van der Waals surface area contributed by atoms with Crippen molar-refractivity contribution in [3.8, 4) is 0 Å². The minimum atomic E-state index is -0.448. The molecule has 0 spiro atoms. The van der Waals surface area contributed by atoms with E-state index in [1.807, 2.05) is 6.92 Å². The standard InChI is InChI=1S/C13H19NO4/c1-8(14-9-6-10(7-9)16-2)11-4-5-12(18-11)13(15)17-3/h4-5,8-10,14H,6-7H2,1-3H3. The molecule has 0 aromatic carbocycles. The lowest BCUT2D eigenvalue weighted by molar-refractivity contribution is 0.0140. The molecule has 1 heterocycles. The molecule has 1 aromatic rings. The molecule has 5 nitrogen and oxygen atoms in total. The molecular weight excluding hydrogens is 234 g/mol. The van der Waals surface area contributed by atoms with Crippen LogP contribution in [0, 0.1) is 0 Å². The second-order valence-corrected chi connectivity index (χ2v) is 4.61. The fraction of sp³-hybridized carbons (Fsp3) is 0.615. The number of carbonyl (C=O) groups excluding carboxylic acids is 1. The lowest BCUT2D eigenvalue weighted by Gasteiger charge is -2.36. The normalized spacial score (nSPS) is 24.4. The van der Waals surface area contributed by atoms with E-state index >= 15 is 0 Å². The van der Waals surface area contributed by atoms with Crippen LogP contribution in [0.3, 0.4) is 0 Å². The van der Waals surface area contributed by atoms with Crippen LogP contribution in [0.15, 0.2) is 16.5 Å². The van der Waals surface area contributed by atoms with E-state index < -0.39 is 5.97 Å². The zero-order chi connectivity index (χ0) is 13.1. The molecule has 1 aromatic heterocycles. The summed E-state index contributed by atoms with van der Waals surface area (Å²) >= 11 is 0. The van der Waals surface area contributed by atoms with Crippen molar-refractivity contribution in [2.24, 2.45) is 0 Å². The molecule has 1 atom stereocenters. The van der Waals surface area contributed by atoms with Crippen molar-refractivity contribution in [1.29, 1.82) is 0 Å². The number of ether oxygens (including phenoxy) is 2. The van der Waals surface area contributed by atoms with Crippen LogP contribution in [0.1, 0.15) is 42.1 Å². The molecule has 0 bridgehead atoms. The highest BCUT2D eigenvalue weighted by atomic mass is 16.5. The van der Waals surface area contributed by atoms with Crippen molar-refractivity contribution in [3.05, 3.63) is 23.7 Å². The van der Waals surface area contributed by atoms with E-state index in [0.717, 1.165) is 18.6 Å². The van der Waals surface area contributed by atoms with Gasteiger partial charge in [-0.1, -0.05) is 0 Å². The number of hydrogen-bond acceptors (Lipinski definition) is 5. The Hall–Kier alpha value is -1.33. The van der Waals surface area contributed by atoms with E-state index in [0.29, 0.717) is 12.1 Å². The van der Waals surface area contributed by atoms with Crippen LogP contribution >= 0.6 is 0 Å². The molecule has 0 aliphatic heterocycles. The Bertz CT molecular complexity index is 409. The van der Waals surface area contributed by atoms with Crippen molar-refractivity contribution < 1.29 is 18.7 Å². The zero-order valence-electron chi connectivity index (χ0n) is 10.9. The van der Waals surface area contributed by atoms with Gasteiger partial charge in [0.05, 0.1) is 19.3 Å². The lowest BCUT2D eigenvalue weighted by Crippen LogP contribution is -2.45. The molecule has 0 saturated heterocycles. The number of nitrogens with one attached hydrogen (secondary N) is 1. The number of rotatable bonds is 5. The Labute approximate surface area is 106 Å². The second kappa shape index (κ2) is 5.54. The van der Waals surface area contributed by atoms with Gasteiger partial charge >= 0.3 is 5.97 Å². The van der Waals surface area contributed by atoms with Gasteiger partial charge < -0.3 is 19.2 Å². The third-order valence-electron chi connectivity index (χ3n) is 3.35. The van der Waals surface area contributed by atoms with E-state index in [1.54, 1.807) is 19.2 Å². The number of esters is 1. The van der Waals surface area contributed by atoms with Gasteiger partial charge in [-0.3, -0.25) is 0 Å². The number of furan rings is 1. The van der Waals surface area contributed by atoms with Crippen molar-refractivity contribution >= 4 is 5.97 Å². The van der Waals surface area contributed by atoms with Crippen LogP contribution in [0.2, 0.25) is 0 Å². The molecule has 1 N–H and O–H groups in total. The molecule has 0 amide bonds. The van der Waals surface area contributed by atoms with Gasteiger partial charge in [0, 0.05) is 13.2 Å². The van der Waals surface area contributed by atoms with Crippen molar-refractivity contribution in [2.75, 3.05) is 14.2 Å². The molecular formula is C13H19NO4. The number of methoxy groups -OCH3 is 2. The topological polar surface area (TPSA) is 60.7 Å². The quantitative estimate of drug-likeness (QED) is 0.812. The summed E-state index contributed by atoms with van der Waals surface area (Å²) in [5, 5.41) is 3.44. The molecule has 5 heteroatoms. The van der Waals surface area contributed by atoms with E-state index in [1.165, 1.54) is 7.11 Å². The molecule has 1 saturated carbocycles. The summed E-state index contributed by atoms with van der Waals surface area (Å²) < 4.78 is 15.3. The van der Waals surface area contributed by atoms with Crippen LogP contribution in [0.25, 0.3) is 0 Å². The third-order valence-corrected chi connectivity index (χ3v) is 3.35. The Morgan fingerprint density at radius 3 is 2.78 bits per heavy atom. The van der Waals surface area contributed by atoms with Gasteiger partial charge in [0.1, 0.15) is 5.76 Å². The monoisotopic (exact) mass is 253 g/mol. The fourth-order valence-corrected chi connectivity index (χ4v) is 2.13. The lowest BCUT2D eigenvalue weighted by atomic mass is 9.88. The first-order valence-electron chi connectivity index (χ1n) is 6.11. The predicted octanol–water partition coefficient (Wildman–Crippen LogP) is 1.89. The van der Waals surface area contributed by atoms with Gasteiger partial charge in [-0.15, -0.1) is 0 Å². The van der Waals surface area contributed by atoms with E-state index in [9.17, 15) is 4.79 Å². The zero-order valence-corrected chi connectivity index (χ0v) is 10.9. The van der Waals surface area contributed by atoms with Crippen molar-refractivity contribution in [3.63, 3.8) is 0 Å². The Morgan fingerprint density at radius 2 is 2.17 bits per heavy atom. The Balaban J connectivity index is 1.87. The highest BCUT2D eigenvalue weighted by Gasteiger charge is 2.30. The predicted molar refractivity (Wildman–Crippen MR) is 65.4 cm³/mol. The first-order valence-corrected chi connectivity index (χ1v) is 6.11. The Morgan fingerprint density at radius 1 is 1.44 bits per heavy atom. The first-order chi connectivity index (χ1) is 8.63. The molecule has 2 rings (SSSR count). The van der Waals surface area contributed by atoms with Gasteiger partial charge in [-0.2, -0.15) is 0 Å². The van der Waals surface area contributed by atoms with Gasteiger partial charge in [-0.05, 0) is 31.9 Å². The van der Waals surface area contributed by atoms with Crippen LogP contribution in [0.4, 0.5) is 0 Å². The average molecular weight is 253 g/mol. The summed E-state index contributed by atoms with van der Waals surface area (Å²) in [7, 11) is 3.07. The highest BCUT2D eigenvalue weighted by molar-refractivity contribution is 5.86. The maximum Gasteiger partial charge on any atom is 0.373 e. The summed E-state index contributed by atoms with van der Waals surface area (Å²) in [6.45, 7) is 2.01. The molecule has 100 valence electrons. The maximum absolute atomic E-state index is 11.3. The van der Waals surface area contributed by atoms with E-state index in [-0.39, 0.29) is 11.8 Å². The molecule has 1 aliphatic rings. The summed E-state index contributed by atoms with van der Waals surface area (Å²) in [5.41, 5.74) is 0. The molecule has 1 unspecified atom stereocenters.